The minimum absolute atomic E-state index is 0.247. The molecule has 7 heteroatoms. The number of anilines is 1. The lowest BCUT2D eigenvalue weighted by Crippen LogP contribution is -2.12. The van der Waals surface area contributed by atoms with Crippen LogP contribution in [-0.4, -0.2) is 21.9 Å². The Hall–Kier alpha value is -1.89. The number of aromatic amines is 1. The monoisotopic (exact) mass is 252 g/mol. The lowest BCUT2D eigenvalue weighted by Gasteiger charge is -2.05. The number of H-pyrrole nitrogens is 1. The summed E-state index contributed by atoms with van der Waals surface area (Å²) in [6.07, 6.45) is 0. The Morgan fingerprint density at radius 2 is 2.24 bits per heavy atom. The molecule has 1 aromatic heterocycles. The summed E-state index contributed by atoms with van der Waals surface area (Å²) < 4.78 is 6.55. The Kier molecular flexibility index (Phi) is 3.10. The Morgan fingerprint density at radius 1 is 1.47 bits per heavy atom. The van der Waals surface area contributed by atoms with Gasteiger partial charge < -0.3 is 10.5 Å². The Bertz CT molecular complexity index is 590. The van der Waals surface area contributed by atoms with Crippen LogP contribution in [0.1, 0.15) is 0 Å². The fourth-order valence-electron chi connectivity index (χ4n) is 1.30. The van der Waals surface area contributed by atoms with Gasteiger partial charge in [-0.15, -0.1) is 5.10 Å². The first-order valence-corrected chi connectivity index (χ1v) is 5.65. The molecule has 0 aliphatic carbocycles. The number of rotatable bonds is 3. The third-order valence-corrected chi connectivity index (χ3v) is 3.21. The highest BCUT2D eigenvalue weighted by Crippen LogP contribution is 2.30. The summed E-state index contributed by atoms with van der Waals surface area (Å²) in [6.45, 7) is 0. The van der Waals surface area contributed by atoms with Crippen LogP contribution in [0.5, 0.6) is 5.75 Å². The zero-order chi connectivity index (χ0) is 12.4. The van der Waals surface area contributed by atoms with E-state index in [0.29, 0.717) is 16.6 Å². The van der Waals surface area contributed by atoms with Crippen molar-refractivity contribution in [2.24, 2.45) is 7.05 Å². The topological polar surface area (TPSA) is 85.9 Å². The molecule has 0 atom stereocenters. The highest BCUT2D eigenvalue weighted by Gasteiger charge is 2.07. The number of nitrogen functional groups attached to an aromatic ring is 1. The summed E-state index contributed by atoms with van der Waals surface area (Å²) in [5, 5.41) is 6.85. The third-order valence-electron chi connectivity index (χ3n) is 2.19. The van der Waals surface area contributed by atoms with E-state index < -0.39 is 0 Å². The highest BCUT2D eigenvalue weighted by molar-refractivity contribution is 7.99. The van der Waals surface area contributed by atoms with E-state index in [1.807, 2.05) is 6.07 Å². The molecule has 3 N–H and O–H groups in total. The van der Waals surface area contributed by atoms with Crippen LogP contribution in [-0.2, 0) is 7.05 Å². The summed E-state index contributed by atoms with van der Waals surface area (Å²) in [6, 6.07) is 5.36. The largest absolute Gasteiger partial charge is 0.497 e. The van der Waals surface area contributed by atoms with Crippen molar-refractivity contribution in [2.75, 3.05) is 12.8 Å². The molecule has 0 aliphatic rings. The molecule has 90 valence electrons. The first-order valence-electron chi connectivity index (χ1n) is 4.84. The van der Waals surface area contributed by atoms with Crippen molar-refractivity contribution in [3.8, 4) is 5.75 Å². The molecule has 1 aromatic carbocycles. The standard InChI is InChI=1S/C10H12N4O2S/c1-14-9(15)12-13-10(14)17-8-4-6(11)3-7(5-8)16-2/h3-5H,11H2,1-2H3,(H,12,15). The van der Waals surface area contributed by atoms with Gasteiger partial charge in [0, 0.05) is 23.7 Å². The third kappa shape index (κ3) is 2.44. The second-order valence-corrected chi connectivity index (χ2v) is 4.45. The molecule has 6 nitrogen and oxygen atoms in total. The van der Waals surface area contributed by atoms with Crippen molar-refractivity contribution in [3.05, 3.63) is 28.7 Å². The van der Waals surface area contributed by atoms with Crippen LogP contribution in [0.2, 0.25) is 0 Å². The number of ether oxygens (including phenoxy) is 1. The molecular formula is C10H12N4O2S. The molecule has 0 saturated heterocycles. The maximum Gasteiger partial charge on any atom is 0.343 e. The molecule has 0 saturated carbocycles. The van der Waals surface area contributed by atoms with Gasteiger partial charge in [-0.2, -0.15) is 0 Å². The van der Waals surface area contributed by atoms with Gasteiger partial charge in [0.2, 0.25) is 0 Å². The lowest BCUT2D eigenvalue weighted by atomic mass is 10.3. The minimum atomic E-state index is -0.247. The fourth-order valence-corrected chi connectivity index (χ4v) is 2.19. The number of nitrogens with two attached hydrogens (primary N) is 1. The normalized spacial score (nSPS) is 10.5. The Morgan fingerprint density at radius 3 is 2.82 bits per heavy atom. The van der Waals surface area contributed by atoms with Gasteiger partial charge in [-0.3, -0.25) is 4.57 Å². The van der Waals surface area contributed by atoms with E-state index in [0.717, 1.165) is 4.90 Å². The SMILES string of the molecule is COc1cc(N)cc(Sc2n[nH]c(=O)n2C)c1. The van der Waals surface area contributed by atoms with Crippen molar-refractivity contribution in [1.29, 1.82) is 0 Å². The van der Waals surface area contributed by atoms with Crippen LogP contribution in [0.4, 0.5) is 5.69 Å². The van der Waals surface area contributed by atoms with Crippen molar-refractivity contribution < 1.29 is 4.74 Å². The van der Waals surface area contributed by atoms with Gasteiger partial charge >= 0.3 is 5.69 Å². The van der Waals surface area contributed by atoms with Crippen molar-refractivity contribution >= 4 is 17.4 Å². The van der Waals surface area contributed by atoms with Crippen LogP contribution in [0.3, 0.4) is 0 Å². The van der Waals surface area contributed by atoms with Crippen molar-refractivity contribution in [2.45, 2.75) is 10.1 Å². The molecule has 1 heterocycles. The van der Waals surface area contributed by atoms with Crippen LogP contribution in [0.25, 0.3) is 0 Å². The molecule has 0 radical (unpaired) electrons. The number of hydrogen-bond donors (Lipinski definition) is 2. The number of benzene rings is 1. The van der Waals surface area contributed by atoms with E-state index in [2.05, 4.69) is 10.2 Å². The molecule has 0 bridgehead atoms. The molecule has 0 fully saturated rings. The van der Waals surface area contributed by atoms with Crippen LogP contribution in [0.15, 0.2) is 33.0 Å². The summed E-state index contributed by atoms with van der Waals surface area (Å²) in [7, 11) is 3.23. The zero-order valence-corrected chi connectivity index (χ0v) is 10.2. The smallest absolute Gasteiger partial charge is 0.343 e. The fraction of sp³-hybridized carbons (Fsp3) is 0.200. The van der Waals surface area contributed by atoms with Gasteiger partial charge in [0.25, 0.3) is 0 Å². The lowest BCUT2D eigenvalue weighted by molar-refractivity contribution is 0.414. The second kappa shape index (κ2) is 4.54. The molecule has 2 rings (SSSR count). The van der Waals surface area contributed by atoms with Gasteiger partial charge in [-0.25, -0.2) is 9.89 Å². The molecule has 0 spiro atoms. The highest BCUT2D eigenvalue weighted by atomic mass is 32.2. The minimum Gasteiger partial charge on any atom is -0.497 e. The predicted molar refractivity (Wildman–Crippen MR) is 65.4 cm³/mol. The van der Waals surface area contributed by atoms with Gasteiger partial charge in [0.05, 0.1) is 7.11 Å². The van der Waals surface area contributed by atoms with E-state index >= 15 is 0 Å². The Balaban J connectivity index is 2.33. The van der Waals surface area contributed by atoms with E-state index in [4.69, 9.17) is 10.5 Å². The zero-order valence-electron chi connectivity index (χ0n) is 9.43. The molecular weight excluding hydrogens is 240 g/mol. The molecule has 17 heavy (non-hydrogen) atoms. The van der Waals surface area contributed by atoms with Crippen LogP contribution < -0.4 is 16.2 Å². The number of nitrogens with zero attached hydrogens (tertiary/aromatic N) is 2. The molecule has 2 aromatic rings. The first kappa shape index (κ1) is 11.6. The van der Waals surface area contributed by atoms with Gasteiger partial charge in [-0.1, -0.05) is 0 Å². The van der Waals surface area contributed by atoms with Crippen molar-refractivity contribution in [3.63, 3.8) is 0 Å². The summed E-state index contributed by atoms with van der Waals surface area (Å²) in [5.74, 6) is 0.674. The number of nitrogens with one attached hydrogen (secondary N) is 1. The van der Waals surface area contributed by atoms with Crippen molar-refractivity contribution in [1.82, 2.24) is 14.8 Å². The number of aromatic nitrogens is 3. The summed E-state index contributed by atoms with van der Waals surface area (Å²) >= 11 is 1.34. The van der Waals surface area contributed by atoms with E-state index in [-0.39, 0.29) is 5.69 Å². The van der Waals surface area contributed by atoms with Crippen LogP contribution >= 0.6 is 11.8 Å². The average molecular weight is 252 g/mol. The van der Waals surface area contributed by atoms with E-state index in [1.165, 1.54) is 16.3 Å². The molecule has 0 amide bonds. The maximum absolute atomic E-state index is 11.2. The van der Waals surface area contributed by atoms with Gasteiger partial charge in [0.15, 0.2) is 5.16 Å². The molecule has 0 unspecified atom stereocenters. The van der Waals surface area contributed by atoms with E-state index in [1.54, 1.807) is 26.3 Å². The van der Waals surface area contributed by atoms with E-state index in [9.17, 15) is 4.79 Å². The molecule has 0 aliphatic heterocycles. The maximum atomic E-state index is 11.2. The second-order valence-electron chi connectivity index (χ2n) is 3.41. The summed E-state index contributed by atoms with van der Waals surface area (Å²) in [4.78, 5) is 12.1. The van der Waals surface area contributed by atoms with Gasteiger partial charge in [0.1, 0.15) is 5.75 Å². The van der Waals surface area contributed by atoms with Crippen LogP contribution in [0, 0.1) is 0 Å². The average Bonchev–Trinajstić information content (AvgIpc) is 2.60. The quantitative estimate of drug-likeness (QED) is 0.791. The van der Waals surface area contributed by atoms with Gasteiger partial charge in [-0.05, 0) is 23.9 Å². The summed E-state index contributed by atoms with van der Waals surface area (Å²) in [5.41, 5.74) is 6.10. The number of methoxy groups -OCH3 is 1. The predicted octanol–water partition coefficient (Wildman–Crippen LogP) is 0.850. The first-order chi connectivity index (χ1) is 8.10. The Labute approximate surface area is 102 Å². The number of hydrogen-bond acceptors (Lipinski definition) is 5.